The largest absolute Gasteiger partial charge is 0.457 e. The summed E-state index contributed by atoms with van der Waals surface area (Å²) < 4.78 is 19.6. The fourth-order valence-electron chi connectivity index (χ4n) is 2.61. The summed E-state index contributed by atoms with van der Waals surface area (Å²) in [5.74, 6) is 0.408. The first-order chi connectivity index (χ1) is 12.5. The van der Waals surface area contributed by atoms with Gasteiger partial charge in [0.2, 0.25) is 0 Å². The third-order valence-electron chi connectivity index (χ3n) is 3.88. The Morgan fingerprint density at radius 1 is 1.23 bits per heavy atom. The smallest absolute Gasteiger partial charge is 0.269 e. The molecule has 0 N–H and O–H groups in total. The van der Waals surface area contributed by atoms with Gasteiger partial charge in [-0.25, -0.2) is 4.39 Å². The molecule has 1 aromatic heterocycles. The Kier molecular flexibility index (Phi) is 4.63. The lowest BCUT2D eigenvalue weighted by Crippen LogP contribution is -1.89. The summed E-state index contributed by atoms with van der Waals surface area (Å²) in [6.07, 6.45) is 1.46. The lowest BCUT2D eigenvalue weighted by molar-refractivity contribution is -0.384. The highest BCUT2D eigenvalue weighted by molar-refractivity contribution is 5.89. The van der Waals surface area contributed by atoms with Gasteiger partial charge in [0.05, 0.1) is 16.6 Å². The van der Waals surface area contributed by atoms with E-state index in [1.807, 2.05) is 6.07 Å². The second kappa shape index (κ2) is 7.03. The molecule has 128 valence electrons. The van der Waals surface area contributed by atoms with Crippen molar-refractivity contribution < 1.29 is 13.7 Å². The predicted molar refractivity (Wildman–Crippen MR) is 95.4 cm³/mol. The number of rotatable bonds is 4. The molecule has 0 aliphatic carbocycles. The van der Waals surface area contributed by atoms with Crippen LogP contribution in [0.1, 0.15) is 16.9 Å². The summed E-state index contributed by atoms with van der Waals surface area (Å²) in [6.45, 7) is 1.75. The van der Waals surface area contributed by atoms with E-state index in [0.717, 1.165) is 0 Å². The minimum absolute atomic E-state index is 0.00393. The van der Waals surface area contributed by atoms with Crippen molar-refractivity contribution in [3.63, 3.8) is 0 Å². The number of furan rings is 1. The zero-order chi connectivity index (χ0) is 18.7. The summed E-state index contributed by atoms with van der Waals surface area (Å²) in [4.78, 5) is 10.4. The Morgan fingerprint density at radius 3 is 2.65 bits per heavy atom. The SMILES string of the molecule is Cc1cc([N+](=O)[O-])ccc1-c1ccc(/C=C(\C#N)c2ccccc2F)o1. The predicted octanol–water partition coefficient (Wildman–Crippen LogP) is 5.37. The number of nitrogens with zero attached hydrogens (tertiary/aromatic N) is 2. The lowest BCUT2D eigenvalue weighted by atomic mass is 10.1. The number of nitro benzene ring substituents is 1. The molecule has 0 aliphatic rings. The number of halogens is 1. The Hall–Kier alpha value is -3.72. The van der Waals surface area contributed by atoms with E-state index in [9.17, 15) is 19.8 Å². The molecule has 1 heterocycles. The molecule has 0 bridgehead atoms. The highest BCUT2D eigenvalue weighted by Crippen LogP contribution is 2.30. The molecule has 0 saturated heterocycles. The Labute approximate surface area is 148 Å². The summed E-state index contributed by atoms with van der Waals surface area (Å²) >= 11 is 0. The Bertz CT molecular complexity index is 1060. The van der Waals surface area contributed by atoms with Crippen molar-refractivity contribution in [1.82, 2.24) is 0 Å². The van der Waals surface area contributed by atoms with Gasteiger partial charge in [0, 0.05) is 23.3 Å². The first-order valence-electron chi connectivity index (χ1n) is 7.71. The number of benzene rings is 2. The van der Waals surface area contributed by atoms with Crippen molar-refractivity contribution in [2.24, 2.45) is 0 Å². The van der Waals surface area contributed by atoms with Crippen LogP contribution in [0.5, 0.6) is 0 Å². The van der Waals surface area contributed by atoms with Gasteiger partial charge < -0.3 is 4.42 Å². The molecule has 5 nitrogen and oxygen atoms in total. The minimum Gasteiger partial charge on any atom is -0.457 e. The quantitative estimate of drug-likeness (QED) is 0.361. The van der Waals surface area contributed by atoms with Crippen LogP contribution in [-0.2, 0) is 0 Å². The van der Waals surface area contributed by atoms with Crippen molar-refractivity contribution in [3.05, 3.63) is 87.4 Å². The molecule has 0 spiro atoms. The van der Waals surface area contributed by atoms with Gasteiger partial charge in [0.1, 0.15) is 17.3 Å². The minimum atomic E-state index is -0.488. The highest BCUT2D eigenvalue weighted by Gasteiger charge is 2.13. The maximum atomic E-state index is 13.9. The number of nitriles is 1. The van der Waals surface area contributed by atoms with E-state index in [1.165, 1.54) is 30.3 Å². The molecule has 6 heteroatoms. The molecular formula is C20H13FN2O3. The second-order valence-electron chi connectivity index (χ2n) is 5.61. The number of hydrogen-bond acceptors (Lipinski definition) is 4. The van der Waals surface area contributed by atoms with Gasteiger partial charge in [-0.1, -0.05) is 18.2 Å². The summed E-state index contributed by atoms with van der Waals surface area (Å²) in [5.41, 5.74) is 1.74. The Balaban J connectivity index is 1.97. The lowest BCUT2D eigenvalue weighted by Gasteiger charge is -2.02. The van der Waals surface area contributed by atoms with Crippen LogP contribution in [0.4, 0.5) is 10.1 Å². The van der Waals surface area contributed by atoms with Gasteiger partial charge in [-0.15, -0.1) is 0 Å². The number of non-ortho nitro benzene ring substituents is 1. The van der Waals surface area contributed by atoms with Gasteiger partial charge in [0.15, 0.2) is 0 Å². The molecule has 3 rings (SSSR count). The van der Waals surface area contributed by atoms with Crippen LogP contribution in [0.15, 0.2) is 59.0 Å². The molecule has 26 heavy (non-hydrogen) atoms. The van der Waals surface area contributed by atoms with Gasteiger partial charge in [-0.05, 0) is 42.8 Å². The van der Waals surface area contributed by atoms with Crippen LogP contribution in [0.3, 0.4) is 0 Å². The number of allylic oxidation sites excluding steroid dienone is 1. The third-order valence-corrected chi connectivity index (χ3v) is 3.88. The topological polar surface area (TPSA) is 80.1 Å². The van der Waals surface area contributed by atoms with E-state index < -0.39 is 10.7 Å². The van der Waals surface area contributed by atoms with E-state index in [-0.39, 0.29) is 16.8 Å². The Morgan fingerprint density at radius 2 is 2.00 bits per heavy atom. The first-order valence-corrected chi connectivity index (χ1v) is 7.71. The maximum absolute atomic E-state index is 13.9. The van der Waals surface area contributed by atoms with Crippen LogP contribution in [0.25, 0.3) is 23.0 Å². The van der Waals surface area contributed by atoms with E-state index in [0.29, 0.717) is 22.6 Å². The van der Waals surface area contributed by atoms with Crippen molar-refractivity contribution in [2.75, 3.05) is 0 Å². The van der Waals surface area contributed by atoms with Crippen LogP contribution in [-0.4, -0.2) is 4.92 Å². The fourth-order valence-corrected chi connectivity index (χ4v) is 2.61. The summed E-state index contributed by atoms with van der Waals surface area (Å²) in [5, 5.41) is 20.2. The van der Waals surface area contributed by atoms with E-state index in [2.05, 4.69) is 0 Å². The molecule has 0 amide bonds. The fraction of sp³-hybridized carbons (Fsp3) is 0.0500. The van der Waals surface area contributed by atoms with Crippen LogP contribution in [0, 0.1) is 34.2 Å². The molecule has 2 aromatic carbocycles. The first kappa shape index (κ1) is 17.1. The monoisotopic (exact) mass is 348 g/mol. The summed E-state index contributed by atoms with van der Waals surface area (Å²) in [7, 11) is 0. The summed E-state index contributed by atoms with van der Waals surface area (Å²) in [6, 6.07) is 15.8. The van der Waals surface area contributed by atoms with Gasteiger partial charge in [0.25, 0.3) is 5.69 Å². The normalized spacial score (nSPS) is 11.2. The zero-order valence-electron chi connectivity index (χ0n) is 13.8. The van der Waals surface area contributed by atoms with E-state index in [1.54, 1.807) is 37.3 Å². The molecular weight excluding hydrogens is 335 g/mol. The van der Waals surface area contributed by atoms with Crippen LogP contribution in [0.2, 0.25) is 0 Å². The third kappa shape index (κ3) is 3.37. The van der Waals surface area contributed by atoms with Crippen molar-refractivity contribution in [1.29, 1.82) is 5.26 Å². The number of hydrogen-bond donors (Lipinski definition) is 0. The average molecular weight is 348 g/mol. The molecule has 0 aliphatic heterocycles. The second-order valence-corrected chi connectivity index (χ2v) is 5.61. The molecule has 0 atom stereocenters. The maximum Gasteiger partial charge on any atom is 0.269 e. The van der Waals surface area contributed by atoms with Crippen LogP contribution < -0.4 is 0 Å². The molecule has 0 unspecified atom stereocenters. The van der Waals surface area contributed by atoms with Gasteiger partial charge in [-0.3, -0.25) is 10.1 Å². The average Bonchev–Trinajstić information content (AvgIpc) is 3.08. The standard InChI is InChI=1S/C20H13FN2O3/c1-13-10-15(23(24)25)6-8-17(13)20-9-7-16(26-20)11-14(12-22)18-4-2-3-5-19(18)21/h2-11H,1H3/b14-11+. The molecule has 0 fully saturated rings. The number of nitro groups is 1. The number of aryl methyl sites for hydroxylation is 1. The zero-order valence-corrected chi connectivity index (χ0v) is 13.8. The van der Waals surface area contributed by atoms with Crippen molar-refractivity contribution >= 4 is 17.3 Å². The highest BCUT2D eigenvalue weighted by atomic mass is 19.1. The van der Waals surface area contributed by atoms with E-state index >= 15 is 0 Å². The van der Waals surface area contributed by atoms with Gasteiger partial charge in [-0.2, -0.15) is 5.26 Å². The van der Waals surface area contributed by atoms with E-state index in [4.69, 9.17) is 4.42 Å². The molecule has 3 aromatic rings. The van der Waals surface area contributed by atoms with Crippen molar-refractivity contribution in [2.45, 2.75) is 6.92 Å². The molecule has 0 radical (unpaired) electrons. The van der Waals surface area contributed by atoms with Crippen LogP contribution >= 0.6 is 0 Å². The van der Waals surface area contributed by atoms with Gasteiger partial charge >= 0.3 is 0 Å². The van der Waals surface area contributed by atoms with Crippen molar-refractivity contribution in [3.8, 4) is 17.4 Å². The molecule has 0 saturated carbocycles.